The van der Waals surface area contributed by atoms with E-state index in [0.717, 1.165) is 0 Å². The first kappa shape index (κ1) is 21.0. The van der Waals surface area contributed by atoms with Crippen molar-refractivity contribution in [1.29, 1.82) is 0 Å². The Balaban J connectivity index is 1.70. The van der Waals surface area contributed by atoms with Crippen LogP contribution in [0, 0.1) is 6.92 Å². The van der Waals surface area contributed by atoms with Crippen LogP contribution in [0.4, 0.5) is 5.69 Å². The fourth-order valence-electron chi connectivity index (χ4n) is 3.97. The fourth-order valence-corrected chi connectivity index (χ4v) is 4.16. The van der Waals surface area contributed by atoms with Crippen molar-refractivity contribution in [2.45, 2.75) is 13.0 Å². The number of carbonyl (C=O) groups is 2. The standard InChI is InChI=1S/C24H18ClNO7/c1-12-3-7-17(33-12)21-20(22(27)13-4-6-15(25)18(9-13)30-2)23(28)24(29)26(21)14-5-8-16-19(10-14)32-11-31-16/h3-10,21,27H,11H2,1-2H3/b22-20-. The zero-order valence-corrected chi connectivity index (χ0v) is 18.4. The van der Waals surface area contributed by atoms with Crippen LogP contribution in [0.3, 0.4) is 0 Å². The number of furan rings is 1. The number of Topliss-reactive ketones (excluding diaryl/α,β-unsaturated/α-hetero) is 1. The van der Waals surface area contributed by atoms with Crippen LogP contribution in [0.25, 0.3) is 5.76 Å². The molecule has 9 heteroatoms. The number of benzene rings is 2. The van der Waals surface area contributed by atoms with Crippen molar-refractivity contribution < 1.29 is 33.3 Å². The summed E-state index contributed by atoms with van der Waals surface area (Å²) in [5.41, 5.74) is 0.553. The number of aliphatic hydroxyl groups excluding tert-OH is 1. The van der Waals surface area contributed by atoms with Crippen LogP contribution in [0.5, 0.6) is 17.2 Å². The Morgan fingerprint density at radius 2 is 1.88 bits per heavy atom. The third-order valence-corrected chi connectivity index (χ3v) is 5.85. The molecule has 1 fully saturated rings. The second kappa shape index (κ2) is 7.90. The second-order valence-corrected chi connectivity index (χ2v) is 7.91. The predicted molar refractivity (Wildman–Crippen MR) is 119 cm³/mol. The molecule has 1 atom stereocenters. The summed E-state index contributed by atoms with van der Waals surface area (Å²) in [6.45, 7) is 1.82. The van der Waals surface area contributed by atoms with E-state index in [0.29, 0.717) is 39.5 Å². The van der Waals surface area contributed by atoms with Gasteiger partial charge in [0.15, 0.2) is 11.5 Å². The Kier molecular flexibility index (Phi) is 5.02. The molecule has 1 saturated heterocycles. The normalized spacial score (nSPS) is 18.8. The lowest BCUT2D eigenvalue weighted by Gasteiger charge is -2.23. The number of carbonyl (C=O) groups excluding carboxylic acids is 2. The van der Waals surface area contributed by atoms with E-state index in [1.807, 2.05) is 0 Å². The fraction of sp³-hybridized carbons (Fsp3) is 0.167. The summed E-state index contributed by atoms with van der Waals surface area (Å²) in [7, 11) is 1.44. The molecule has 3 aromatic rings. The van der Waals surface area contributed by atoms with Crippen molar-refractivity contribution in [1.82, 2.24) is 0 Å². The third-order valence-electron chi connectivity index (χ3n) is 5.53. The number of anilines is 1. The molecule has 0 aliphatic carbocycles. The van der Waals surface area contributed by atoms with E-state index >= 15 is 0 Å². The Morgan fingerprint density at radius 3 is 2.61 bits per heavy atom. The number of ketones is 1. The predicted octanol–water partition coefficient (Wildman–Crippen LogP) is 4.61. The first-order chi connectivity index (χ1) is 15.9. The van der Waals surface area contributed by atoms with Gasteiger partial charge in [0, 0.05) is 17.3 Å². The van der Waals surface area contributed by atoms with Crippen LogP contribution in [0.1, 0.15) is 23.1 Å². The van der Waals surface area contributed by atoms with Gasteiger partial charge in [0.05, 0.1) is 17.7 Å². The zero-order valence-electron chi connectivity index (χ0n) is 17.6. The number of hydrogen-bond acceptors (Lipinski definition) is 7. The van der Waals surface area contributed by atoms with E-state index in [9.17, 15) is 14.7 Å². The molecule has 0 bridgehead atoms. The molecular weight excluding hydrogens is 450 g/mol. The average Bonchev–Trinajstić information content (AvgIpc) is 3.51. The molecule has 1 N–H and O–H groups in total. The van der Waals surface area contributed by atoms with Gasteiger partial charge < -0.3 is 23.7 Å². The lowest BCUT2D eigenvalue weighted by atomic mass is 9.99. The monoisotopic (exact) mass is 467 g/mol. The highest BCUT2D eigenvalue weighted by Gasteiger charge is 2.48. The van der Waals surface area contributed by atoms with Gasteiger partial charge in [0.25, 0.3) is 11.7 Å². The molecule has 8 nitrogen and oxygen atoms in total. The van der Waals surface area contributed by atoms with Gasteiger partial charge in [0.1, 0.15) is 29.1 Å². The van der Waals surface area contributed by atoms with E-state index in [1.54, 1.807) is 43.3 Å². The maximum Gasteiger partial charge on any atom is 0.300 e. The largest absolute Gasteiger partial charge is 0.507 e. The lowest BCUT2D eigenvalue weighted by Crippen LogP contribution is -2.29. The molecule has 1 aromatic heterocycles. The van der Waals surface area contributed by atoms with Crippen molar-refractivity contribution in [3.8, 4) is 17.2 Å². The van der Waals surface area contributed by atoms with Crippen molar-refractivity contribution in [3.05, 3.63) is 76.2 Å². The average molecular weight is 468 g/mol. The quantitative estimate of drug-likeness (QED) is 0.340. The minimum Gasteiger partial charge on any atom is -0.507 e. The number of aliphatic hydroxyl groups is 1. The molecule has 2 aliphatic heterocycles. The molecule has 0 saturated carbocycles. The first-order valence-electron chi connectivity index (χ1n) is 10.00. The molecule has 168 valence electrons. The number of ether oxygens (including phenoxy) is 3. The van der Waals surface area contributed by atoms with Gasteiger partial charge in [-0.2, -0.15) is 0 Å². The number of hydrogen-bond donors (Lipinski definition) is 1. The minimum absolute atomic E-state index is 0.0663. The summed E-state index contributed by atoms with van der Waals surface area (Å²) in [6, 6.07) is 11.9. The number of nitrogens with zero attached hydrogens (tertiary/aromatic N) is 1. The van der Waals surface area contributed by atoms with E-state index < -0.39 is 17.7 Å². The van der Waals surface area contributed by atoms with E-state index in [2.05, 4.69) is 0 Å². The molecule has 5 rings (SSSR count). The maximum absolute atomic E-state index is 13.2. The smallest absolute Gasteiger partial charge is 0.300 e. The molecule has 2 aliphatic rings. The molecule has 33 heavy (non-hydrogen) atoms. The summed E-state index contributed by atoms with van der Waals surface area (Å²) in [4.78, 5) is 27.7. The van der Waals surface area contributed by atoms with Crippen molar-refractivity contribution >= 4 is 34.7 Å². The Labute approximate surface area is 193 Å². The van der Waals surface area contributed by atoms with Crippen LogP contribution in [-0.4, -0.2) is 30.7 Å². The van der Waals surface area contributed by atoms with Gasteiger partial charge in [-0.25, -0.2) is 0 Å². The number of methoxy groups -OCH3 is 1. The number of aryl methyl sites for hydroxylation is 1. The van der Waals surface area contributed by atoms with Gasteiger partial charge in [-0.05, 0) is 49.4 Å². The van der Waals surface area contributed by atoms with Crippen LogP contribution < -0.4 is 19.1 Å². The number of rotatable bonds is 4. The number of fused-ring (bicyclic) bond motifs is 1. The van der Waals surface area contributed by atoms with Crippen LogP contribution in [0.2, 0.25) is 5.02 Å². The summed E-state index contributed by atoms with van der Waals surface area (Å²) >= 11 is 6.10. The number of amides is 1. The molecule has 1 unspecified atom stereocenters. The highest BCUT2D eigenvalue weighted by atomic mass is 35.5. The maximum atomic E-state index is 13.2. The Hall–Kier alpha value is -3.91. The third kappa shape index (κ3) is 3.39. The molecule has 1 amide bonds. The van der Waals surface area contributed by atoms with Gasteiger partial charge in [-0.1, -0.05) is 11.6 Å². The summed E-state index contributed by atoms with van der Waals surface area (Å²) in [5.74, 6) is 0.191. The van der Waals surface area contributed by atoms with Gasteiger partial charge >= 0.3 is 0 Å². The topological polar surface area (TPSA) is 98.4 Å². The molecule has 0 spiro atoms. The van der Waals surface area contributed by atoms with E-state index in [4.69, 9.17) is 30.2 Å². The summed E-state index contributed by atoms with van der Waals surface area (Å²) in [5, 5.41) is 11.5. The number of halogens is 1. The lowest BCUT2D eigenvalue weighted by molar-refractivity contribution is -0.132. The van der Waals surface area contributed by atoms with Gasteiger partial charge in [-0.3, -0.25) is 14.5 Å². The minimum atomic E-state index is -0.999. The molecule has 0 radical (unpaired) electrons. The van der Waals surface area contributed by atoms with Crippen LogP contribution in [0.15, 0.2) is 58.5 Å². The van der Waals surface area contributed by atoms with E-state index in [-0.39, 0.29) is 23.7 Å². The van der Waals surface area contributed by atoms with E-state index in [1.165, 1.54) is 24.1 Å². The summed E-state index contributed by atoms with van der Waals surface area (Å²) < 4.78 is 21.8. The highest BCUT2D eigenvalue weighted by Crippen LogP contribution is 2.45. The first-order valence-corrected chi connectivity index (χ1v) is 10.4. The molecule has 3 heterocycles. The summed E-state index contributed by atoms with van der Waals surface area (Å²) in [6.07, 6.45) is 0. The van der Waals surface area contributed by atoms with Crippen molar-refractivity contribution in [3.63, 3.8) is 0 Å². The Morgan fingerprint density at radius 1 is 1.09 bits per heavy atom. The second-order valence-electron chi connectivity index (χ2n) is 7.50. The van der Waals surface area contributed by atoms with Crippen molar-refractivity contribution in [2.24, 2.45) is 0 Å². The van der Waals surface area contributed by atoms with Crippen LogP contribution >= 0.6 is 11.6 Å². The SMILES string of the molecule is COc1cc(/C(O)=C2/C(=O)C(=O)N(c3ccc4c(c3)OCO4)C2c2ccc(C)o2)ccc1Cl. The Bertz CT molecular complexity index is 1330. The van der Waals surface area contributed by atoms with Gasteiger partial charge in [0.2, 0.25) is 6.79 Å². The molecular formula is C24H18ClNO7. The van der Waals surface area contributed by atoms with Crippen LogP contribution in [-0.2, 0) is 9.59 Å². The van der Waals surface area contributed by atoms with Gasteiger partial charge in [-0.15, -0.1) is 0 Å². The van der Waals surface area contributed by atoms with Crippen molar-refractivity contribution in [2.75, 3.05) is 18.8 Å². The highest BCUT2D eigenvalue weighted by molar-refractivity contribution is 6.51. The molecule has 2 aromatic carbocycles. The zero-order chi connectivity index (χ0) is 23.3.